The molecule has 3 nitrogen and oxygen atoms in total. The predicted octanol–water partition coefficient (Wildman–Crippen LogP) is 4.99. The average Bonchev–Trinajstić information content (AvgIpc) is 2.91. The number of anilines is 1. The Kier molecular flexibility index (Phi) is 6.08. The number of likely N-dealkylation sites (tertiary alicyclic amines) is 1. The van der Waals surface area contributed by atoms with Gasteiger partial charge in [0, 0.05) is 47.6 Å². The number of halogens is 3. The van der Waals surface area contributed by atoms with Crippen LogP contribution in [0.3, 0.4) is 0 Å². The van der Waals surface area contributed by atoms with Gasteiger partial charge in [-0.1, -0.05) is 30.0 Å². The molecule has 1 fully saturated rings. The Bertz CT molecular complexity index is 869. The normalized spacial score (nSPS) is 19.9. The largest absolute Gasteiger partial charge is 0.416 e. The van der Waals surface area contributed by atoms with Gasteiger partial charge in [0.15, 0.2) is 0 Å². The van der Waals surface area contributed by atoms with Crippen LogP contribution >= 0.6 is 11.8 Å². The summed E-state index contributed by atoms with van der Waals surface area (Å²) in [5.41, 5.74) is 7.87. The van der Waals surface area contributed by atoms with Gasteiger partial charge in [0.25, 0.3) is 0 Å². The molecule has 4 rings (SSSR count). The molecule has 2 aromatic rings. The number of hydrogen-bond donors (Lipinski definition) is 2. The Labute approximate surface area is 173 Å². The second-order valence-electron chi connectivity index (χ2n) is 7.79. The van der Waals surface area contributed by atoms with Crippen LogP contribution in [0.1, 0.15) is 36.0 Å². The van der Waals surface area contributed by atoms with Crippen molar-refractivity contribution in [2.24, 2.45) is 5.73 Å². The Morgan fingerprint density at radius 2 is 1.93 bits per heavy atom. The molecule has 0 saturated carbocycles. The number of hydrogen-bond acceptors (Lipinski definition) is 4. The zero-order valence-electron chi connectivity index (χ0n) is 16.3. The third-order valence-electron chi connectivity index (χ3n) is 5.72. The van der Waals surface area contributed by atoms with Crippen LogP contribution in [-0.2, 0) is 12.6 Å². The average molecular weight is 422 g/mol. The molecular formula is C22H26F3N3S. The number of nitrogens with zero attached hydrogens (tertiary/aromatic N) is 1. The Balaban J connectivity index is 1.62. The highest BCUT2D eigenvalue weighted by atomic mass is 32.2. The molecule has 0 spiro atoms. The van der Waals surface area contributed by atoms with E-state index in [0.717, 1.165) is 49.4 Å². The summed E-state index contributed by atoms with van der Waals surface area (Å²) < 4.78 is 40.7. The first kappa shape index (κ1) is 20.6. The minimum absolute atomic E-state index is 0.174. The van der Waals surface area contributed by atoms with Crippen LogP contribution in [0.4, 0.5) is 18.9 Å². The molecule has 2 aliphatic heterocycles. The van der Waals surface area contributed by atoms with Gasteiger partial charge in [0.05, 0.1) is 5.56 Å². The standard InChI is InChI=1S/C22H26F3N3S/c23-22(24,25)16-13-19(27-17-5-3-9-28(10-7-17)11-8-26)18-12-15-4-1-2-6-20(15)29-21(18)14-16/h1-2,4,6,13-14,17,27H,3,5,7-12,26H2. The second-order valence-corrected chi connectivity index (χ2v) is 8.87. The fourth-order valence-corrected chi connectivity index (χ4v) is 5.34. The van der Waals surface area contributed by atoms with Crippen molar-refractivity contribution in [3.05, 3.63) is 53.1 Å². The molecule has 3 N–H and O–H groups in total. The summed E-state index contributed by atoms with van der Waals surface area (Å²) in [6.07, 6.45) is -0.809. The highest BCUT2D eigenvalue weighted by Crippen LogP contribution is 2.45. The van der Waals surface area contributed by atoms with E-state index in [-0.39, 0.29) is 6.04 Å². The van der Waals surface area contributed by atoms with Gasteiger partial charge in [-0.15, -0.1) is 0 Å². The summed E-state index contributed by atoms with van der Waals surface area (Å²) in [5, 5.41) is 3.48. The predicted molar refractivity (Wildman–Crippen MR) is 112 cm³/mol. The van der Waals surface area contributed by atoms with Crippen molar-refractivity contribution < 1.29 is 13.2 Å². The van der Waals surface area contributed by atoms with E-state index in [4.69, 9.17) is 5.73 Å². The van der Waals surface area contributed by atoms with Crippen molar-refractivity contribution in [3.8, 4) is 0 Å². The van der Waals surface area contributed by atoms with Crippen molar-refractivity contribution in [2.45, 2.75) is 47.7 Å². The summed E-state index contributed by atoms with van der Waals surface area (Å²) in [6.45, 7) is 3.43. The molecule has 29 heavy (non-hydrogen) atoms. The Hall–Kier alpha value is -1.70. The minimum Gasteiger partial charge on any atom is -0.382 e. The van der Waals surface area contributed by atoms with E-state index in [2.05, 4.69) is 16.3 Å². The van der Waals surface area contributed by atoms with E-state index >= 15 is 0 Å². The zero-order valence-corrected chi connectivity index (χ0v) is 17.1. The summed E-state index contributed by atoms with van der Waals surface area (Å²) in [7, 11) is 0. The van der Waals surface area contributed by atoms with Crippen molar-refractivity contribution in [1.29, 1.82) is 0 Å². The maximum Gasteiger partial charge on any atom is 0.416 e. The van der Waals surface area contributed by atoms with Crippen LogP contribution in [0, 0.1) is 0 Å². The van der Waals surface area contributed by atoms with Crippen LogP contribution in [0.2, 0.25) is 0 Å². The van der Waals surface area contributed by atoms with Gasteiger partial charge < -0.3 is 16.0 Å². The van der Waals surface area contributed by atoms with Crippen LogP contribution in [0.15, 0.2) is 46.2 Å². The summed E-state index contributed by atoms with van der Waals surface area (Å²) in [5.74, 6) is 0. The van der Waals surface area contributed by atoms with Gasteiger partial charge in [-0.2, -0.15) is 13.2 Å². The van der Waals surface area contributed by atoms with Gasteiger partial charge in [0.2, 0.25) is 0 Å². The molecule has 0 radical (unpaired) electrons. The van der Waals surface area contributed by atoms with E-state index in [1.54, 1.807) is 0 Å². The number of alkyl halides is 3. The second kappa shape index (κ2) is 8.58. The first-order valence-electron chi connectivity index (χ1n) is 10.1. The molecule has 2 aliphatic rings. The third kappa shape index (κ3) is 4.73. The van der Waals surface area contributed by atoms with Crippen LogP contribution in [0.25, 0.3) is 0 Å². The molecule has 0 amide bonds. The smallest absolute Gasteiger partial charge is 0.382 e. The highest BCUT2D eigenvalue weighted by Gasteiger charge is 2.33. The molecule has 1 unspecified atom stereocenters. The molecule has 0 aliphatic carbocycles. The van der Waals surface area contributed by atoms with Crippen molar-refractivity contribution >= 4 is 17.4 Å². The maximum atomic E-state index is 13.6. The van der Waals surface area contributed by atoms with Crippen LogP contribution < -0.4 is 11.1 Å². The van der Waals surface area contributed by atoms with Crippen molar-refractivity contribution in [3.63, 3.8) is 0 Å². The van der Waals surface area contributed by atoms with Gasteiger partial charge in [0.1, 0.15) is 0 Å². The van der Waals surface area contributed by atoms with Crippen molar-refractivity contribution in [2.75, 3.05) is 31.5 Å². The van der Waals surface area contributed by atoms with E-state index in [1.807, 2.05) is 18.2 Å². The summed E-state index contributed by atoms with van der Waals surface area (Å²) in [4.78, 5) is 4.09. The number of nitrogens with one attached hydrogen (secondary N) is 1. The first-order chi connectivity index (χ1) is 13.9. The number of fused-ring (bicyclic) bond motifs is 2. The number of benzene rings is 2. The minimum atomic E-state index is -4.36. The monoisotopic (exact) mass is 421 g/mol. The van der Waals surface area contributed by atoms with E-state index < -0.39 is 11.7 Å². The first-order valence-corrected chi connectivity index (χ1v) is 10.9. The lowest BCUT2D eigenvalue weighted by molar-refractivity contribution is -0.137. The quantitative estimate of drug-likeness (QED) is 0.623. The fraction of sp³-hybridized carbons (Fsp3) is 0.455. The van der Waals surface area contributed by atoms with Crippen LogP contribution in [-0.4, -0.2) is 37.1 Å². The number of nitrogens with two attached hydrogens (primary N) is 1. The Morgan fingerprint density at radius 3 is 2.72 bits per heavy atom. The topological polar surface area (TPSA) is 41.3 Å². The molecule has 156 valence electrons. The highest BCUT2D eigenvalue weighted by molar-refractivity contribution is 7.99. The lowest BCUT2D eigenvalue weighted by Gasteiger charge is -2.27. The summed E-state index contributed by atoms with van der Waals surface area (Å²) >= 11 is 1.44. The molecule has 7 heteroatoms. The molecule has 0 aromatic heterocycles. The number of rotatable bonds is 4. The lowest BCUT2D eigenvalue weighted by Crippen LogP contribution is -2.31. The molecule has 1 saturated heterocycles. The van der Waals surface area contributed by atoms with Gasteiger partial charge in [-0.3, -0.25) is 0 Å². The van der Waals surface area contributed by atoms with E-state index in [0.29, 0.717) is 23.5 Å². The van der Waals surface area contributed by atoms with Gasteiger partial charge in [-0.25, -0.2) is 0 Å². The fourth-order valence-electron chi connectivity index (χ4n) is 4.20. The van der Waals surface area contributed by atoms with E-state index in [9.17, 15) is 13.2 Å². The molecular weight excluding hydrogens is 395 g/mol. The molecule has 1 atom stereocenters. The lowest BCUT2D eigenvalue weighted by atomic mass is 9.99. The Morgan fingerprint density at radius 1 is 1.10 bits per heavy atom. The van der Waals surface area contributed by atoms with Gasteiger partial charge in [-0.05, 0) is 55.1 Å². The van der Waals surface area contributed by atoms with Gasteiger partial charge >= 0.3 is 6.18 Å². The SMILES string of the molecule is NCCN1CCCC(Nc2cc(C(F)(F)F)cc3c2Cc2ccccc2S3)CC1. The van der Waals surface area contributed by atoms with Crippen molar-refractivity contribution in [1.82, 2.24) is 4.90 Å². The van der Waals surface area contributed by atoms with Crippen LogP contribution in [0.5, 0.6) is 0 Å². The molecule has 2 aromatic carbocycles. The zero-order chi connectivity index (χ0) is 20.4. The molecule has 2 heterocycles. The van der Waals surface area contributed by atoms with E-state index in [1.165, 1.54) is 29.5 Å². The molecule has 0 bridgehead atoms. The third-order valence-corrected chi connectivity index (χ3v) is 6.92. The summed E-state index contributed by atoms with van der Waals surface area (Å²) in [6, 6.07) is 10.7. The maximum absolute atomic E-state index is 13.6.